The molecule has 2 heterocycles. The van der Waals surface area contributed by atoms with Crippen molar-refractivity contribution in [2.75, 3.05) is 0 Å². The Morgan fingerprint density at radius 1 is 1.45 bits per heavy atom. The molecular formula is C14H18N4O3S. The van der Waals surface area contributed by atoms with Crippen LogP contribution in [-0.4, -0.2) is 20.6 Å². The summed E-state index contributed by atoms with van der Waals surface area (Å²) in [5.41, 5.74) is 0.226. The summed E-state index contributed by atoms with van der Waals surface area (Å²) in [4.78, 5) is 28.3. The van der Waals surface area contributed by atoms with Crippen LogP contribution in [0.1, 0.15) is 43.1 Å². The third kappa shape index (κ3) is 2.70. The van der Waals surface area contributed by atoms with Crippen LogP contribution in [0.15, 0.2) is 14.7 Å². The zero-order valence-electron chi connectivity index (χ0n) is 12.6. The molecule has 2 aromatic rings. The smallest absolute Gasteiger partial charge is 0.307 e. The van der Waals surface area contributed by atoms with Crippen LogP contribution in [0.2, 0.25) is 0 Å². The van der Waals surface area contributed by atoms with Gasteiger partial charge in [0.05, 0.1) is 0 Å². The second-order valence-corrected chi connectivity index (χ2v) is 6.52. The average Bonchev–Trinajstić information content (AvgIpc) is 3.17. The maximum atomic E-state index is 12.4. The summed E-state index contributed by atoms with van der Waals surface area (Å²) in [5, 5.41) is 8.78. The van der Waals surface area contributed by atoms with Crippen LogP contribution in [0.4, 0.5) is 0 Å². The molecule has 1 N–H and O–H groups in total. The molecule has 7 nitrogen and oxygen atoms in total. The number of aryl methyl sites for hydroxylation is 2. The number of thiazole rings is 1. The highest BCUT2D eigenvalue weighted by molar-refractivity contribution is 7.07. The van der Waals surface area contributed by atoms with Gasteiger partial charge in [-0.1, -0.05) is 29.3 Å². The van der Waals surface area contributed by atoms with Gasteiger partial charge in [-0.3, -0.25) is 14.2 Å². The molecule has 1 fully saturated rings. The lowest BCUT2D eigenvalue weighted by atomic mass is 9.96. The van der Waals surface area contributed by atoms with E-state index in [2.05, 4.69) is 15.5 Å². The monoisotopic (exact) mass is 322 g/mol. The van der Waals surface area contributed by atoms with Crippen LogP contribution in [0.3, 0.4) is 0 Å². The van der Waals surface area contributed by atoms with E-state index < -0.39 is 5.54 Å². The third-order valence-corrected chi connectivity index (χ3v) is 4.95. The highest BCUT2D eigenvalue weighted by Crippen LogP contribution is 2.37. The highest BCUT2D eigenvalue weighted by atomic mass is 32.1. The normalized spacial score (nSPS) is 16.8. The summed E-state index contributed by atoms with van der Waals surface area (Å²) in [6.07, 6.45) is 3.58. The molecule has 1 aliphatic carbocycles. The molecule has 3 rings (SSSR count). The van der Waals surface area contributed by atoms with Crippen LogP contribution in [0.25, 0.3) is 0 Å². The number of nitrogens with one attached hydrogen (secondary N) is 1. The number of aromatic nitrogens is 3. The van der Waals surface area contributed by atoms with Crippen LogP contribution in [-0.2, 0) is 16.9 Å². The van der Waals surface area contributed by atoms with Crippen molar-refractivity contribution < 1.29 is 9.32 Å². The molecule has 0 aliphatic heterocycles. The van der Waals surface area contributed by atoms with Gasteiger partial charge in [0.1, 0.15) is 12.1 Å². The Labute approximate surface area is 131 Å². The van der Waals surface area contributed by atoms with Crippen molar-refractivity contribution in [1.82, 2.24) is 20.0 Å². The van der Waals surface area contributed by atoms with Crippen LogP contribution in [0, 0.1) is 13.8 Å². The molecule has 0 radical (unpaired) electrons. The average molecular weight is 322 g/mol. The number of carbonyl (C=O) groups excluding carboxylic acids is 1. The molecule has 118 valence electrons. The second kappa shape index (κ2) is 5.68. The van der Waals surface area contributed by atoms with Gasteiger partial charge in [-0.15, -0.1) is 0 Å². The third-order valence-electron chi connectivity index (χ3n) is 4.07. The zero-order valence-corrected chi connectivity index (χ0v) is 13.4. The van der Waals surface area contributed by atoms with Gasteiger partial charge < -0.3 is 9.84 Å². The van der Waals surface area contributed by atoms with Gasteiger partial charge in [-0.25, -0.2) is 0 Å². The van der Waals surface area contributed by atoms with Crippen molar-refractivity contribution in [2.45, 2.75) is 51.6 Å². The van der Waals surface area contributed by atoms with Gasteiger partial charge in [0.15, 0.2) is 5.82 Å². The first-order valence-corrected chi connectivity index (χ1v) is 8.15. The second-order valence-electron chi connectivity index (χ2n) is 5.70. The summed E-state index contributed by atoms with van der Waals surface area (Å²) in [5.74, 6) is 0.818. The lowest BCUT2D eigenvalue weighted by molar-refractivity contribution is -0.123. The standard InChI is InChI=1S/C14H18N4O3S/c1-9-8-22-13(20)18(9)7-11(19)16-14(5-3-4-6-14)12-15-10(2)21-17-12/h8H,3-7H2,1-2H3,(H,16,19). The Kier molecular flexibility index (Phi) is 3.86. The fraction of sp³-hybridized carbons (Fsp3) is 0.571. The molecule has 8 heteroatoms. The van der Waals surface area contributed by atoms with Crippen molar-refractivity contribution >= 4 is 17.2 Å². The van der Waals surface area contributed by atoms with Gasteiger partial charge in [0.25, 0.3) is 0 Å². The number of hydrogen-bond donors (Lipinski definition) is 1. The van der Waals surface area contributed by atoms with E-state index >= 15 is 0 Å². The Bertz CT molecular complexity index is 739. The quantitative estimate of drug-likeness (QED) is 0.921. The molecule has 1 amide bonds. The summed E-state index contributed by atoms with van der Waals surface area (Å²) in [6.45, 7) is 3.57. The molecule has 0 spiro atoms. The van der Waals surface area contributed by atoms with Crippen molar-refractivity contribution in [3.63, 3.8) is 0 Å². The fourth-order valence-corrected chi connectivity index (χ4v) is 3.66. The topological polar surface area (TPSA) is 90.0 Å². The molecule has 22 heavy (non-hydrogen) atoms. The Morgan fingerprint density at radius 3 is 2.73 bits per heavy atom. The summed E-state index contributed by atoms with van der Waals surface area (Å²) in [6, 6.07) is 0. The van der Waals surface area contributed by atoms with Crippen molar-refractivity contribution in [1.29, 1.82) is 0 Å². The van der Waals surface area contributed by atoms with E-state index in [1.165, 1.54) is 4.57 Å². The minimum Gasteiger partial charge on any atom is -0.342 e. The molecule has 0 saturated heterocycles. The van der Waals surface area contributed by atoms with Crippen molar-refractivity contribution in [2.24, 2.45) is 0 Å². The lowest BCUT2D eigenvalue weighted by Gasteiger charge is -2.26. The summed E-state index contributed by atoms with van der Waals surface area (Å²) in [7, 11) is 0. The zero-order chi connectivity index (χ0) is 15.7. The lowest BCUT2D eigenvalue weighted by Crippen LogP contribution is -2.46. The summed E-state index contributed by atoms with van der Waals surface area (Å²) >= 11 is 1.10. The first-order valence-electron chi connectivity index (χ1n) is 7.27. The fourth-order valence-electron chi connectivity index (χ4n) is 2.92. The number of amides is 1. The van der Waals surface area contributed by atoms with Crippen LogP contribution >= 0.6 is 11.3 Å². The minimum absolute atomic E-state index is 0.0206. The SMILES string of the molecule is Cc1nc(C2(NC(=O)Cn3c(C)csc3=O)CCCC2)no1. The van der Waals surface area contributed by atoms with Crippen molar-refractivity contribution in [3.05, 3.63) is 32.5 Å². The molecule has 0 bridgehead atoms. The Balaban J connectivity index is 1.80. The molecule has 0 unspecified atom stereocenters. The van der Waals surface area contributed by atoms with E-state index in [1.807, 2.05) is 6.92 Å². The maximum absolute atomic E-state index is 12.4. The van der Waals surface area contributed by atoms with E-state index in [0.717, 1.165) is 42.7 Å². The van der Waals surface area contributed by atoms with E-state index in [1.54, 1.807) is 12.3 Å². The molecule has 1 aliphatic rings. The summed E-state index contributed by atoms with van der Waals surface area (Å²) < 4.78 is 6.54. The molecular weight excluding hydrogens is 304 g/mol. The first-order chi connectivity index (χ1) is 10.5. The number of carbonyl (C=O) groups is 1. The molecule has 1 saturated carbocycles. The van der Waals surface area contributed by atoms with Gasteiger partial charge >= 0.3 is 4.87 Å². The van der Waals surface area contributed by atoms with Crippen LogP contribution < -0.4 is 10.2 Å². The van der Waals surface area contributed by atoms with Gasteiger partial charge in [-0.05, 0) is 19.8 Å². The first kappa shape index (κ1) is 15.0. The predicted octanol–water partition coefficient (Wildman–Crippen LogP) is 1.50. The number of rotatable bonds is 4. The van der Waals surface area contributed by atoms with E-state index in [-0.39, 0.29) is 17.3 Å². The molecule has 2 aromatic heterocycles. The highest BCUT2D eigenvalue weighted by Gasteiger charge is 2.41. The minimum atomic E-state index is -0.567. The maximum Gasteiger partial charge on any atom is 0.307 e. The van der Waals surface area contributed by atoms with E-state index in [0.29, 0.717) is 11.7 Å². The van der Waals surface area contributed by atoms with Gasteiger partial charge in [0, 0.05) is 18.0 Å². The van der Waals surface area contributed by atoms with Gasteiger partial charge in [0.2, 0.25) is 11.8 Å². The number of hydrogen-bond acceptors (Lipinski definition) is 6. The van der Waals surface area contributed by atoms with E-state index in [4.69, 9.17) is 4.52 Å². The Hall–Kier alpha value is -1.96. The van der Waals surface area contributed by atoms with E-state index in [9.17, 15) is 9.59 Å². The number of nitrogens with zero attached hydrogens (tertiary/aromatic N) is 3. The predicted molar refractivity (Wildman–Crippen MR) is 80.6 cm³/mol. The van der Waals surface area contributed by atoms with Crippen molar-refractivity contribution in [3.8, 4) is 0 Å². The van der Waals surface area contributed by atoms with Gasteiger partial charge in [-0.2, -0.15) is 4.98 Å². The van der Waals surface area contributed by atoms with Crippen LogP contribution in [0.5, 0.6) is 0 Å². The molecule has 0 atom stereocenters. The largest absolute Gasteiger partial charge is 0.342 e. The molecule has 0 aromatic carbocycles. The Morgan fingerprint density at radius 2 is 2.18 bits per heavy atom.